The van der Waals surface area contributed by atoms with Gasteiger partial charge in [-0.15, -0.1) is 6.58 Å². The second-order valence-corrected chi connectivity index (χ2v) is 7.85. The third-order valence-electron chi connectivity index (χ3n) is 5.85. The molecule has 3 heteroatoms. The SMILES string of the molecule is C=CC1CCC(C23OCC(C(C)(C)C)(CO2)CO3)CC1. The Kier molecular flexibility index (Phi) is 3.51. The number of ether oxygens (including phenoxy) is 3. The molecule has 3 nitrogen and oxygen atoms in total. The minimum absolute atomic E-state index is 0.00701. The van der Waals surface area contributed by atoms with Crippen LogP contribution in [0.4, 0.5) is 0 Å². The molecule has 3 saturated heterocycles. The Bertz CT molecular complexity index is 350. The molecule has 1 saturated carbocycles. The van der Waals surface area contributed by atoms with E-state index >= 15 is 0 Å². The van der Waals surface area contributed by atoms with Gasteiger partial charge in [0.1, 0.15) is 0 Å². The molecule has 0 aromatic heterocycles. The van der Waals surface area contributed by atoms with Crippen LogP contribution in [0, 0.1) is 22.7 Å². The summed E-state index contributed by atoms with van der Waals surface area (Å²) in [6, 6.07) is 0. The second kappa shape index (κ2) is 4.82. The molecule has 4 rings (SSSR count). The van der Waals surface area contributed by atoms with Gasteiger partial charge in [0.25, 0.3) is 5.97 Å². The first-order valence-corrected chi connectivity index (χ1v) is 7.95. The summed E-state index contributed by atoms with van der Waals surface area (Å²) in [6.45, 7) is 12.9. The lowest BCUT2D eigenvalue weighted by molar-refractivity contribution is -0.497. The van der Waals surface area contributed by atoms with Crippen LogP contribution < -0.4 is 0 Å². The van der Waals surface area contributed by atoms with Crippen molar-refractivity contribution in [3.63, 3.8) is 0 Å². The Morgan fingerprint density at radius 1 is 0.950 bits per heavy atom. The van der Waals surface area contributed by atoms with Gasteiger partial charge in [-0.05, 0) is 37.0 Å². The molecule has 1 aliphatic carbocycles. The maximum Gasteiger partial charge on any atom is 0.285 e. The molecule has 0 N–H and O–H groups in total. The number of allylic oxidation sites excluding steroid dienone is 1. The molecule has 0 radical (unpaired) electrons. The summed E-state index contributed by atoms with van der Waals surface area (Å²) in [5.41, 5.74) is 0.146. The van der Waals surface area contributed by atoms with Crippen molar-refractivity contribution in [2.45, 2.75) is 52.4 Å². The highest BCUT2D eigenvalue weighted by Crippen LogP contribution is 2.52. The first kappa shape index (κ1) is 14.6. The molecule has 0 aromatic rings. The number of fused-ring (bicyclic) bond motifs is 3. The maximum atomic E-state index is 6.13. The summed E-state index contributed by atoms with van der Waals surface area (Å²) in [4.78, 5) is 0. The van der Waals surface area contributed by atoms with Crippen LogP contribution in [0.15, 0.2) is 12.7 Å². The average molecular weight is 280 g/mol. The molecule has 4 fully saturated rings. The van der Waals surface area contributed by atoms with E-state index < -0.39 is 5.97 Å². The van der Waals surface area contributed by atoms with Gasteiger partial charge in [0.05, 0.1) is 19.8 Å². The van der Waals surface area contributed by atoms with Crippen molar-refractivity contribution in [3.05, 3.63) is 12.7 Å². The molecule has 0 aromatic carbocycles. The highest BCUT2D eigenvalue weighted by molar-refractivity contribution is 4.98. The molecular weight excluding hydrogens is 252 g/mol. The van der Waals surface area contributed by atoms with Crippen LogP contribution in [-0.2, 0) is 14.2 Å². The standard InChI is InChI=1S/C17H28O3/c1-5-13-6-8-14(9-7-13)17-18-10-16(11-19-17,12-20-17)15(2,3)4/h5,13-14H,1,6-12H2,2-4H3. The van der Waals surface area contributed by atoms with Gasteiger partial charge in [0.15, 0.2) is 0 Å². The van der Waals surface area contributed by atoms with Gasteiger partial charge in [-0.2, -0.15) is 0 Å². The van der Waals surface area contributed by atoms with Crippen molar-refractivity contribution in [1.29, 1.82) is 0 Å². The van der Waals surface area contributed by atoms with Gasteiger partial charge in [0, 0.05) is 11.3 Å². The molecule has 2 bridgehead atoms. The zero-order chi connectivity index (χ0) is 14.4. The van der Waals surface area contributed by atoms with E-state index in [9.17, 15) is 0 Å². The van der Waals surface area contributed by atoms with Crippen molar-refractivity contribution in [3.8, 4) is 0 Å². The Hall–Kier alpha value is -0.380. The van der Waals surface area contributed by atoms with E-state index in [4.69, 9.17) is 14.2 Å². The summed E-state index contributed by atoms with van der Waals surface area (Å²) in [6.07, 6.45) is 6.66. The molecule has 3 aliphatic heterocycles. The molecule has 20 heavy (non-hydrogen) atoms. The number of hydrogen-bond acceptors (Lipinski definition) is 3. The van der Waals surface area contributed by atoms with E-state index in [1.807, 2.05) is 0 Å². The van der Waals surface area contributed by atoms with Gasteiger partial charge < -0.3 is 14.2 Å². The molecule has 0 unspecified atom stereocenters. The van der Waals surface area contributed by atoms with Crippen molar-refractivity contribution >= 4 is 0 Å². The Labute approximate surface area is 122 Å². The lowest BCUT2D eigenvalue weighted by atomic mass is 9.66. The van der Waals surface area contributed by atoms with E-state index in [-0.39, 0.29) is 10.8 Å². The molecule has 3 heterocycles. The van der Waals surface area contributed by atoms with E-state index in [1.54, 1.807) is 0 Å². The van der Waals surface area contributed by atoms with Gasteiger partial charge in [-0.3, -0.25) is 0 Å². The lowest BCUT2D eigenvalue weighted by Crippen LogP contribution is -2.66. The van der Waals surface area contributed by atoms with Crippen LogP contribution >= 0.6 is 0 Å². The Morgan fingerprint density at radius 2 is 1.45 bits per heavy atom. The quantitative estimate of drug-likeness (QED) is 0.721. The summed E-state index contributed by atoms with van der Waals surface area (Å²) in [5, 5.41) is 0. The van der Waals surface area contributed by atoms with E-state index in [0.29, 0.717) is 11.8 Å². The van der Waals surface area contributed by atoms with Crippen LogP contribution in [0.3, 0.4) is 0 Å². The van der Waals surface area contributed by atoms with E-state index in [1.165, 1.54) is 12.8 Å². The fourth-order valence-corrected chi connectivity index (χ4v) is 3.68. The highest BCUT2D eigenvalue weighted by atomic mass is 16.9. The zero-order valence-electron chi connectivity index (χ0n) is 13.1. The van der Waals surface area contributed by atoms with Gasteiger partial charge in [0.2, 0.25) is 0 Å². The van der Waals surface area contributed by atoms with Gasteiger partial charge >= 0.3 is 0 Å². The highest BCUT2D eigenvalue weighted by Gasteiger charge is 2.59. The van der Waals surface area contributed by atoms with Crippen LogP contribution in [0.2, 0.25) is 0 Å². The first-order valence-electron chi connectivity index (χ1n) is 7.95. The van der Waals surface area contributed by atoms with Crippen LogP contribution in [0.25, 0.3) is 0 Å². The summed E-state index contributed by atoms with van der Waals surface area (Å²) in [7, 11) is 0. The van der Waals surface area contributed by atoms with Crippen molar-refractivity contribution in [2.75, 3.05) is 19.8 Å². The molecule has 0 spiro atoms. The van der Waals surface area contributed by atoms with Crippen LogP contribution in [-0.4, -0.2) is 25.8 Å². The fraction of sp³-hybridized carbons (Fsp3) is 0.882. The third kappa shape index (κ3) is 2.15. The predicted octanol–water partition coefficient (Wildman–Crippen LogP) is 3.74. The smallest absolute Gasteiger partial charge is 0.285 e. The summed E-state index contributed by atoms with van der Waals surface area (Å²) >= 11 is 0. The number of rotatable bonds is 2. The molecule has 114 valence electrons. The molecule has 0 atom stereocenters. The average Bonchev–Trinajstić information content (AvgIpc) is 2.48. The Morgan fingerprint density at radius 3 is 1.85 bits per heavy atom. The van der Waals surface area contributed by atoms with Crippen molar-refractivity contribution < 1.29 is 14.2 Å². The third-order valence-corrected chi connectivity index (χ3v) is 5.85. The van der Waals surface area contributed by atoms with E-state index in [2.05, 4.69) is 33.4 Å². The second-order valence-electron chi connectivity index (χ2n) is 7.85. The van der Waals surface area contributed by atoms with Crippen molar-refractivity contribution in [2.24, 2.45) is 22.7 Å². The van der Waals surface area contributed by atoms with E-state index in [0.717, 1.165) is 32.7 Å². The minimum atomic E-state index is -0.751. The van der Waals surface area contributed by atoms with Crippen LogP contribution in [0.1, 0.15) is 46.5 Å². The molecule has 4 aliphatic rings. The lowest BCUT2D eigenvalue weighted by Gasteiger charge is -2.59. The largest absolute Gasteiger partial charge is 0.326 e. The van der Waals surface area contributed by atoms with Gasteiger partial charge in [-0.1, -0.05) is 26.8 Å². The Balaban J connectivity index is 1.68. The molecular formula is C17H28O3. The van der Waals surface area contributed by atoms with Gasteiger partial charge in [-0.25, -0.2) is 0 Å². The maximum absolute atomic E-state index is 6.13. The first-order chi connectivity index (χ1) is 9.41. The monoisotopic (exact) mass is 280 g/mol. The summed E-state index contributed by atoms with van der Waals surface area (Å²) < 4.78 is 18.4. The molecule has 0 amide bonds. The topological polar surface area (TPSA) is 27.7 Å². The summed E-state index contributed by atoms with van der Waals surface area (Å²) in [5.74, 6) is 0.277. The van der Waals surface area contributed by atoms with Crippen LogP contribution in [0.5, 0.6) is 0 Å². The normalized spacial score (nSPS) is 45.4. The number of hydrogen-bond donors (Lipinski definition) is 0. The fourth-order valence-electron chi connectivity index (χ4n) is 3.68. The van der Waals surface area contributed by atoms with Crippen molar-refractivity contribution in [1.82, 2.24) is 0 Å². The minimum Gasteiger partial charge on any atom is -0.326 e. The zero-order valence-corrected chi connectivity index (χ0v) is 13.1. The predicted molar refractivity (Wildman–Crippen MR) is 78.1 cm³/mol.